The molecule has 0 radical (unpaired) electrons. The number of ether oxygens (including phenoxy) is 1. The molecule has 36 heavy (non-hydrogen) atoms. The molecule has 0 aromatic heterocycles. The molecule has 0 spiro atoms. The summed E-state index contributed by atoms with van der Waals surface area (Å²) in [5.74, 6) is 5.91. The van der Waals surface area contributed by atoms with E-state index in [2.05, 4.69) is 17.6 Å². The summed E-state index contributed by atoms with van der Waals surface area (Å²) >= 11 is 0. The van der Waals surface area contributed by atoms with Crippen LogP contribution in [0.1, 0.15) is 61.0 Å². The average Bonchev–Trinajstić information content (AvgIpc) is 2.91. The topological polar surface area (TPSA) is 60.4 Å². The van der Waals surface area contributed by atoms with E-state index < -0.39 is 9.84 Å². The predicted molar refractivity (Wildman–Crippen MR) is 144 cm³/mol. The molecule has 0 heterocycles. The second-order valence-electron chi connectivity index (χ2n) is 8.16. The molecule has 3 aromatic carbocycles. The fourth-order valence-corrected chi connectivity index (χ4v) is 5.04. The van der Waals surface area contributed by atoms with Gasteiger partial charge in [0, 0.05) is 12.0 Å². The maximum absolute atomic E-state index is 13.4. The first-order valence-corrected chi connectivity index (χ1v) is 13.5. The van der Waals surface area contributed by atoms with Crippen molar-refractivity contribution in [3.63, 3.8) is 0 Å². The minimum Gasteiger partial charge on any atom is -0.462 e. The summed E-state index contributed by atoms with van der Waals surface area (Å²) in [6, 6.07) is 25.1. The number of rotatable bonds is 9. The maximum atomic E-state index is 13.4. The van der Waals surface area contributed by atoms with Crippen LogP contribution in [0, 0.1) is 11.8 Å². The number of allylic oxidation sites excluding steroid dienone is 1. The molecule has 3 rings (SSSR count). The number of esters is 1. The van der Waals surface area contributed by atoms with Crippen molar-refractivity contribution in [3.8, 4) is 11.8 Å². The number of carbonyl (C=O) groups is 1. The Balaban J connectivity index is 1.82. The third-order valence-electron chi connectivity index (χ3n) is 5.50. The molecule has 3 aromatic rings. The van der Waals surface area contributed by atoms with Gasteiger partial charge in [0.2, 0.25) is 9.84 Å². The Bertz CT molecular complexity index is 1390. The smallest absolute Gasteiger partial charge is 0.338 e. The standard InChI is InChI=1S/C31H30O4S/c1-3-35-31(32)28-22-20-27(21-23-28)25(2)24-30(36(33,34)29-17-12-7-13-18-29)19-11-5-4-8-14-26-15-9-6-10-16-26/h6-7,9-10,12-13,15-18,20-23H,3-5,11,19H2,1-2H3. The molecule has 184 valence electrons. The fourth-order valence-electron chi connectivity index (χ4n) is 3.54. The van der Waals surface area contributed by atoms with Crippen LogP contribution in [0.25, 0.3) is 5.57 Å². The minimum atomic E-state index is -3.69. The van der Waals surface area contributed by atoms with Crippen LogP contribution in [0.15, 0.2) is 100 Å². The van der Waals surface area contributed by atoms with Gasteiger partial charge in [-0.25, -0.2) is 13.2 Å². The van der Waals surface area contributed by atoms with Crippen molar-refractivity contribution in [2.45, 2.75) is 44.4 Å². The Kier molecular flexibility index (Phi) is 9.89. The Labute approximate surface area is 214 Å². The van der Waals surface area contributed by atoms with Crippen molar-refractivity contribution in [3.05, 3.63) is 112 Å². The summed E-state index contributed by atoms with van der Waals surface area (Å²) in [4.78, 5) is 12.4. The Hall–Kier alpha value is -3.84. The second kappa shape index (κ2) is 13.3. The van der Waals surface area contributed by atoms with Crippen molar-refractivity contribution >= 4 is 21.4 Å². The molecule has 0 aliphatic carbocycles. The highest BCUT2D eigenvalue weighted by Gasteiger charge is 2.20. The largest absolute Gasteiger partial charge is 0.462 e. The average molecular weight is 499 g/mol. The summed E-state index contributed by atoms with van der Waals surface area (Å²) in [7, 11) is -3.69. The van der Waals surface area contributed by atoms with Gasteiger partial charge in [0.1, 0.15) is 0 Å². The van der Waals surface area contributed by atoms with Crippen LogP contribution in [0.2, 0.25) is 0 Å². The van der Waals surface area contributed by atoms with E-state index in [-0.39, 0.29) is 15.8 Å². The lowest BCUT2D eigenvalue weighted by molar-refractivity contribution is 0.0526. The SMILES string of the molecule is CCOC(=O)c1ccc(C(C)=C=C(CCCCC#Cc2ccccc2)S(=O)(=O)c2ccccc2)cc1. The molecule has 0 saturated heterocycles. The zero-order chi connectivity index (χ0) is 25.8. The van der Waals surface area contributed by atoms with Crippen LogP contribution in [-0.4, -0.2) is 21.0 Å². The van der Waals surface area contributed by atoms with Crippen LogP contribution < -0.4 is 0 Å². The highest BCUT2D eigenvalue weighted by atomic mass is 32.2. The Morgan fingerprint density at radius 1 is 0.833 bits per heavy atom. The van der Waals surface area contributed by atoms with Gasteiger partial charge >= 0.3 is 5.97 Å². The van der Waals surface area contributed by atoms with E-state index in [4.69, 9.17) is 4.74 Å². The summed E-state index contributed by atoms with van der Waals surface area (Å²) in [5.41, 5.74) is 6.05. The molecule has 0 aliphatic heterocycles. The molecular weight excluding hydrogens is 468 g/mol. The van der Waals surface area contributed by atoms with Crippen molar-refractivity contribution in [1.29, 1.82) is 0 Å². The molecular formula is C31H30O4S. The summed E-state index contributed by atoms with van der Waals surface area (Å²) in [6.07, 6.45) is 2.50. The Morgan fingerprint density at radius 3 is 2.08 bits per heavy atom. The van der Waals surface area contributed by atoms with E-state index in [0.29, 0.717) is 37.0 Å². The predicted octanol–water partition coefficient (Wildman–Crippen LogP) is 6.84. The van der Waals surface area contributed by atoms with Crippen molar-refractivity contribution in [2.75, 3.05) is 6.61 Å². The van der Waals surface area contributed by atoms with Gasteiger partial charge in [-0.1, -0.05) is 60.4 Å². The van der Waals surface area contributed by atoms with Gasteiger partial charge in [0.25, 0.3) is 0 Å². The van der Waals surface area contributed by atoms with E-state index in [1.165, 1.54) is 0 Å². The number of hydrogen-bond acceptors (Lipinski definition) is 4. The van der Waals surface area contributed by atoms with Gasteiger partial charge in [-0.2, -0.15) is 0 Å². The fraction of sp³-hybridized carbons (Fsp3) is 0.226. The monoisotopic (exact) mass is 498 g/mol. The van der Waals surface area contributed by atoms with Gasteiger partial charge in [-0.05, 0) is 80.6 Å². The van der Waals surface area contributed by atoms with Gasteiger partial charge in [-0.15, -0.1) is 5.73 Å². The molecule has 0 N–H and O–H groups in total. The molecule has 4 nitrogen and oxygen atoms in total. The van der Waals surface area contributed by atoms with Gasteiger partial charge < -0.3 is 4.74 Å². The first-order valence-electron chi connectivity index (χ1n) is 12.0. The normalized spacial score (nSPS) is 10.5. The minimum absolute atomic E-state index is 0.247. The third-order valence-corrected chi connectivity index (χ3v) is 7.34. The summed E-state index contributed by atoms with van der Waals surface area (Å²) in [5, 5.41) is 0. The number of hydrogen-bond donors (Lipinski definition) is 0. The third kappa shape index (κ3) is 7.58. The van der Waals surface area contributed by atoms with Crippen LogP contribution >= 0.6 is 0 Å². The van der Waals surface area contributed by atoms with Crippen LogP contribution in [0.3, 0.4) is 0 Å². The van der Waals surface area contributed by atoms with E-state index in [1.807, 2.05) is 37.3 Å². The van der Waals surface area contributed by atoms with Crippen molar-refractivity contribution in [1.82, 2.24) is 0 Å². The first-order chi connectivity index (χ1) is 17.4. The summed E-state index contributed by atoms with van der Waals surface area (Å²) < 4.78 is 31.9. The van der Waals surface area contributed by atoms with E-state index >= 15 is 0 Å². The quantitative estimate of drug-likeness (QED) is 0.140. The lowest BCUT2D eigenvalue weighted by Crippen LogP contribution is -2.05. The van der Waals surface area contributed by atoms with Crippen molar-refractivity contribution in [2.24, 2.45) is 0 Å². The number of sulfone groups is 1. The second-order valence-corrected chi connectivity index (χ2v) is 10.1. The molecule has 5 heteroatoms. The van der Waals surface area contributed by atoms with E-state index in [0.717, 1.165) is 17.5 Å². The van der Waals surface area contributed by atoms with Crippen molar-refractivity contribution < 1.29 is 17.9 Å². The lowest BCUT2D eigenvalue weighted by atomic mass is 10.1. The molecule has 0 amide bonds. The van der Waals surface area contributed by atoms with Crippen LogP contribution in [0.5, 0.6) is 0 Å². The van der Waals surface area contributed by atoms with Crippen LogP contribution in [0.4, 0.5) is 0 Å². The molecule has 0 atom stereocenters. The molecule has 0 bridgehead atoms. The number of carbonyl (C=O) groups excluding carboxylic acids is 1. The maximum Gasteiger partial charge on any atom is 0.338 e. The number of unbranched alkanes of at least 4 members (excludes halogenated alkanes) is 2. The highest BCUT2D eigenvalue weighted by molar-refractivity contribution is 7.95. The summed E-state index contributed by atoms with van der Waals surface area (Å²) in [6.45, 7) is 3.89. The zero-order valence-corrected chi connectivity index (χ0v) is 21.5. The molecule has 0 unspecified atom stereocenters. The lowest BCUT2D eigenvalue weighted by Gasteiger charge is -2.08. The van der Waals surface area contributed by atoms with Gasteiger partial charge in [0.15, 0.2) is 0 Å². The first kappa shape index (κ1) is 26.8. The van der Waals surface area contributed by atoms with Gasteiger partial charge in [0.05, 0.1) is 22.0 Å². The molecule has 0 aliphatic rings. The van der Waals surface area contributed by atoms with Crippen LogP contribution in [-0.2, 0) is 14.6 Å². The zero-order valence-electron chi connectivity index (χ0n) is 20.7. The van der Waals surface area contributed by atoms with E-state index in [1.54, 1.807) is 61.5 Å². The Morgan fingerprint density at radius 2 is 1.44 bits per heavy atom. The van der Waals surface area contributed by atoms with Gasteiger partial charge in [-0.3, -0.25) is 0 Å². The molecule has 0 fully saturated rings. The molecule has 0 saturated carbocycles. The van der Waals surface area contributed by atoms with E-state index in [9.17, 15) is 13.2 Å². The number of benzene rings is 3. The highest BCUT2D eigenvalue weighted by Crippen LogP contribution is 2.25.